The Balaban J connectivity index is 2.00. The van der Waals surface area contributed by atoms with Crippen molar-refractivity contribution in [2.75, 3.05) is 18.1 Å². The Bertz CT molecular complexity index is 524. The van der Waals surface area contributed by atoms with Gasteiger partial charge in [0.2, 0.25) is 10.0 Å². The van der Waals surface area contributed by atoms with E-state index in [1.807, 2.05) is 17.8 Å². The van der Waals surface area contributed by atoms with Crippen molar-refractivity contribution in [3.05, 3.63) is 17.0 Å². The molecule has 1 fully saturated rings. The first-order valence-corrected chi connectivity index (χ1v) is 8.64. The smallest absolute Gasteiger partial charge is 0.210 e. The molecular weight excluding hydrogens is 276 g/mol. The van der Waals surface area contributed by atoms with Crippen molar-refractivity contribution in [2.24, 2.45) is 5.92 Å². The number of sulfonamides is 1. The lowest BCUT2D eigenvalue weighted by Gasteiger charge is -2.09. The van der Waals surface area contributed by atoms with Crippen LogP contribution in [0.1, 0.15) is 11.3 Å². The van der Waals surface area contributed by atoms with Crippen molar-refractivity contribution in [3.8, 4) is 6.07 Å². The Morgan fingerprint density at radius 1 is 1.53 bits per heavy atom. The van der Waals surface area contributed by atoms with E-state index in [2.05, 4.69) is 4.72 Å². The number of thioether (sulfide) groups is 1. The van der Waals surface area contributed by atoms with Gasteiger partial charge >= 0.3 is 0 Å². The number of rotatable bonds is 4. The summed E-state index contributed by atoms with van der Waals surface area (Å²) in [6.07, 6.45) is 1.07. The van der Waals surface area contributed by atoms with Crippen molar-refractivity contribution in [1.29, 1.82) is 5.26 Å². The van der Waals surface area contributed by atoms with E-state index in [0.29, 0.717) is 17.3 Å². The van der Waals surface area contributed by atoms with Crippen molar-refractivity contribution >= 4 is 33.1 Å². The average molecular weight is 288 g/mol. The number of hydrogen-bond acceptors (Lipinski definition) is 5. The summed E-state index contributed by atoms with van der Waals surface area (Å²) in [4.78, 5) is 0.418. The van der Waals surface area contributed by atoms with Crippen LogP contribution in [-0.4, -0.2) is 26.5 Å². The molecule has 7 heteroatoms. The summed E-state index contributed by atoms with van der Waals surface area (Å²) in [5.74, 6) is 2.57. The van der Waals surface area contributed by atoms with Crippen LogP contribution < -0.4 is 4.72 Å². The van der Waals surface area contributed by atoms with Crippen molar-refractivity contribution in [1.82, 2.24) is 4.72 Å². The zero-order valence-corrected chi connectivity index (χ0v) is 11.5. The second-order valence-electron chi connectivity index (χ2n) is 3.81. The van der Waals surface area contributed by atoms with Gasteiger partial charge in [-0.15, -0.1) is 11.3 Å². The minimum absolute atomic E-state index is 0.222. The molecule has 17 heavy (non-hydrogen) atoms. The molecule has 2 rings (SSSR count). The van der Waals surface area contributed by atoms with E-state index in [9.17, 15) is 8.42 Å². The van der Waals surface area contributed by atoms with Gasteiger partial charge in [-0.2, -0.15) is 17.0 Å². The van der Waals surface area contributed by atoms with Gasteiger partial charge in [-0.3, -0.25) is 0 Å². The fourth-order valence-corrected chi connectivity index (χ4v) is 5.12. The molecule has 0 spiro atoms. The zero-order valence-electron chi connectivity index (χ0n) is 9.05. The van der Waals surface area contributed by atoms with Gasteiger partial charge in [0.05, 0.1) is 0 Å². The third-order valence-corrected chi connectivity index (χ3v) is 6.68. The third kappa shape index (κ3) is 3.22. The molecule has 1 aliphatic rings. The molecule has 92 valence electrons. The van der Waals surface area contributed by atoms with Crippen LogP contribution in [0.25, 0.3) is 0 Å². The standard InChI is InChI=1S/C10H12N2O2S3/c11-5-9-1-2-10(16-9)17(13,14)12-6-8-3-4-15-7-8/h1-2,8,12H,3-4,6-7H2. The van der Waals surface area contributed by atoms with Crippen molar-refractivity contribution in [3.63, 3.8) is 0 Å². The molecule has 0 bridgehead atoms. The highest BCUT2D eigenvalue weighted by molar-refractivity contribution is 7.99. The predicted octanol–water partition coefficient (Wildman–Crippen LogP) is 1.65. The van der Waals surface area contributed by atoms with Crippen LogP contribution in [0.5, 0.6) is 0 Å². The lowest BCUT2D eigenvalue weighted by atomic mass is 10.1. The lowest BCUT2D eigenvalue weighted by Crippen LogP contribution is -2.28. The molecule has 0 radical (unpaired) electrons. The maximum atomic E-state index is 11.9. The quantitative estimate of drug-likeness (QED) is 0.914. The molecule has 0 aromatic carbocycles. The molecule has 0 saturated carbocycles. The normalized spacial score (nSPS) is 20.3. The second kappa shape index (κ2) is 5.40. The zero-order chi connectivity index (χ0) is 12.3. The summed E-state index contributed by atoms with van der Waals surface area (Å²) in [5.41, 5.74) is 0. The summed E-state index contributed by atoms with van der Waals surface area (Å²) in [6.45, 7) is 0.495. The second-order valence-corrected chi connectivity index (χ2v) is 8.04. The Morgan fingerprint density at radius 3 is 2.94 bits per heavy atom. The first-order valence-electron chi connectivity index (χ1n) is 5.19. The Kier molecular flexibility index (Phi) is 4.09. The van der Waals surface area contributed by atoms with Gasteiger partial charge in [0.15, 0.2) is 0 Å². The molecule has 1 aliphatic heterocycles. The summed E-state index contributed by atoms with van der Waals surface area (Å²) >= 11 is 2.87. The van der Waals surface area contributed by atoms with Gasteiger partial charge in [-0.25, -0.2) is 13.1 Å². The van der Waals surface area contributed by atoms with E-state index in [1.165, 1.54) is 12.1 Å². The lowest BCUT2D eigenvalue weighted by molar-refractivity contribution is 0.547. The fraction of sp³-hybridized carbons (Fsp3) is 0.500. The SMILES string of the molecule is N#Cc1ccc(S(=O)(=O)NCC2CCSC2)s1. The molecular formula is C10H12N2O2S3. The molecule has 0 aliphatic carbocycles. The van der Waals surface area contributed by atoms with E-state index in [1.54, 1.807) is 0 Å². The molecule has 1 N–H and O–H groups in total. The topological polar surface area (TPSA) is 70.0 Å². The third-order valence-electron chi connectivity index (χ3n) is 2.54. The van der Waals surface area contributed by atoms with E-state index >= 15 is 0 Å². The first kappa shape index (κ1) is 12.9. The summed E-state index contributed by atoms with van der Waals surface area (Å²) in [6, 6.07) is 4.95. The van der Waals surface area contributed by atoms with Crippen molar-refractivity contribution in [2.45, 2.75) is 10.6 Å². The molecule has 1 atom stereocenters. The highest BCUT2D eigenvalue weighted by Gasteiger charge is 2.21. The van der Waals surface area contributed by atoms with Crippen LogP contribution in [0, 0.1) is 17.2 Å². The summed E-state index contributed by atoms with van der Waals surface area (Å²) in [7, 11) is -3.43. The Labute approximate surface area is 109 Å². The minimum atomic E-state index is -3.43. The van der Waals surface area contributed by atoms with E-state index in [-0.39, 0.29) is 4.21 Å². The van der Waals surface area contributed by atoms with E-state index in [4.69, 9.17) is 5.26 Å². The van der Waals surface area contributed by atoms with Crippen LogP contribution in [0.15, 0.2) is 16.3 Å². The molecule has 2 heterocycles. The monoisotopic (exact) mass is 288 g/mol. The van der Waals surface area contributed by atoms with Gasteiger partial charge in [-0.1, -0.05) is 0 Å². The van der Waals surface area contributed by atoms with E-state index < -0.39 is 10.0 Å². The maximum Gasteiger partial charge on any atom is 0.250 e. The van der Waals surface area contributed by atoms with Gasteiger partial charge in [0.25, 0.3) is 0 Å². The Hall–Kier alpha value is -0.550. The number of thiophene rings is 1. The molecule has 1 saturated heterocycles. The predicted molar refractivity (Wildman–Crippen MR) is 69.7 cm³/mol. The highest BCUT2D eigenvalue weighted by atomic mass is 32.2. The van der Waals surface area contributed by atoms with Gasteiger partial charge in [0, 0.05) is 6.54 Å². The largest absolute Gasteiger partial charge is 0.250 e. The summed E-state index contributed by atoms with van der Waals surface area (Å²) < 4.78 is 26.6. The number of nitriles is 1. The molecule has 4 nitrogen and oxygen atoms in total. The number of nitrogens with one attached hydrogen (secondary N) is 1. The van der Waals surface area contributed by atoms with Crippen LogP contribution >= 0.6 is 23.1 Å². The van der Waals surface area contributed by atoms with Crippen LogP contribution in [0.2, 0.25) is 0 Å². The molecule has 1 aromatic heterocycles. The minimum Gasteiger partial charge on any atom is -0.210 e. The molecule has 1 unspecified atom stereocenters. The van der Waals surface area contributed by atoms with E-state index in [0.717, 1.165) is 29.3 Å². The molecule has 0 amide bonds. The van der Waals surface area contributed by atoms with Gasteiger partial charge in [-0.05, 0) is 36.0 Å². The van der Waals surface area contributed by atoms with Crippen LogP contribution in [-0.2, 0) is 10.0 Å². The number of nitrogens with zero attached hydrogens (tertiary/aromatic N) is 1. The van der Waals surface area contributed by atoms with Crippen molar-refractivity contribution < 1.29 is 8.42 Å². The van der Waals surface area contributed by atoms with Crippen LogP contribution in [0.3, 0.4) is 0 Å². The number of hydrogen-bond donors (Lipinski definition) is 1. The fourth-order valence-electron chi connectivity index (χ4n) is 1.57. The molecule has 1 aromatic rings. The van der Waals surface area contributed by atoms with Gasteiger partial charge < -0.3 is 0 Å². The highest BCUT2D eigenvalue weighted by Crippen LogP contribution is 2.24. The first-order chi connectivity index (χ1) is 8.12. The average Bonchev–Trinajstić information content (AvgIpc) is 2.98. The summed E-state index contributed by atoms with van der Waals surface area (Å²) in [5, 5.41) is 8.66. The Morgan fingerprint density at radius 2 is 2.35 bits per heavy atom. The van der Waals surface area contributed by atoms with Crippen LogP contribution in [0.4, 0.5) is 0 Å². The maximum absolute atomic E-state index is 11.9. The van der Waals surface area contributed by atoms with Gasteiger partial charge in [0.1, 0.15) is 15.2 Å².